The number of fused-ring (bicyclic) bond motifs is 1. The smallest absolute Gasteiger partial charge is 0.323 e. The Morgan fingerprint density at radius 3 is 2.61 bits per heavy atom. The van der Waals surface area contributed by atoms with Crippen molar-refractivity contribution in [3.8, 4) is 0 Å². The fraction of sp³-hybridized carbons (Fsp3) is 0.227. The zero-order valence-electron chi connectivity index (χ0n) is 16.7. The van der Waals surface area contributed by atoms with Crippen molar-refractivity contribution >= 4 is 23.4 Å². The van der Waals surface area contributed by atoms with Gasteiger partial charge in [-0.3, -0.25) is 9.59 Å². The molecule has 3 N–H and O–H groups in total. The number of carboxylic acid groups (broad SMARTS) is 1. The molecule has 0 atom stereocenters. The molecule has 0 saturated carbocycles. The minimum atomic E-state index is -1.07. The van der Waals surface area contributed by atoms with Crippen LogP contribution in [0.15, 0.2) is 54.6 Å². The van der Waals surface area contributed by atoms with Gasteiger partial charge in [0.1, 0.15) is 18.2 Å². The Morgan fingerprint density at radius 1 is 1.16 bits per heavy atom. The van der Waals surface area contributed by atoms with Crippen molar-refractivity contribution in [2.45, 2.75) is 13.1 Å². The number of nitrogens with zero attached hydrogens (tertiary/aromatic N) is 3. The molecule has 0 fully saturated rings. The summed E-state index contributed by atoms with van der Waals surface area (Å²) in [5.74, 6) is -0.722. The highest BCUT2D eigenvalue weighted by atomic mass is 19.1. The number of benzene rings is 2. The molecule has 9 heteroatoms. The summed E-state index contributed by atoms with van der Waals surface area (Å²) in [5, 5.41) is 15.5. The first-order valence-electron chi connectivity index (χ1n) is 9.89. The molecule has 0 saturated heterocycles. The van der Waals surface area contributed by atoms with Crippen LogP contribution in [0.3, 0.4) is 0 Å². The number of carbonyl (C=O) groups excluding carboxylic acids is 1. The molecule has 8 nitrogen and oxygen atoms in total. The van der Waals surface area contributed by atoms with Gasteiger partial charge in [0.15, 0.2) is 11.5 Å². The summed E-state index contributed by atoms with van der Waals surface area (Å²) in [4.78, 5) is 30.4. The van der Waals surface area contributed by atoms with Gasteiger partial charge in [0.25, 0.3) is 5.91 Å². The third-order valence-corrected chi connectivity index (χ3v) is 5.02. The fourth-order valence-electron chi connectivity index (χ4n) is 3.53. The van der Waals surface area contributed by atoms with Crippen LogP contribution in [-0.2, 0) is 17.9 Å². The molecule has 0 unspecified atom stereocenters. The van der Waals surface area contributed by atoms with E-state index < -0.39 is 5.97 Å². The summed E-state index contributed by atoms with van der Waals surface area (Å²) in [6, 6.07) is 15.6. The van der Waals surface area contributed by atoms with Crippen molar-refractivity contribution < 1.29 is 19.1 Å². The van der Waals surface area contributed by atoms with E-state index >= 15 is 0 Å². The van der Waals surface area contributed by atoms with E-state index in [0.29, 0.717) is 37.0 Å². The van der Waals surface area contributed by atoms with E-state index in [9.17, 15) is 19.1 Å². The van der Waals surface area contributed by atoms with Gasteiger partial charge in [0.05, 0.1) is 6.54 Å². The Hall–Kier alpha value is -3.88. The maximum absolute atomic E-state index is 13.2. The molecular weight excluding hydrogens is 401 g/mol. The van der Waals surface area contributed by atoms with E-state index in [-0.39, 0.29) is 24.8 Å². The summed E-state index contributed by atoms with van der Waals surface area (Å²) in [7, 11) is 0. The number of rotatable bonds is 7. The molecule has 0 aliphatic carbocycles. The Labute approximate surface area is 178 Å². The first-order valence-corrected chi connectivity index (χ1v) is 9.89. The number of nitrogens with one attached hydrogen (secondary N) is 2. The van der Waals surface area contributed by atoms with Gasteiger partial charge >= 0.3 is 5.97 Å². The number of anilines is 2. The van der Waals surface area contributed by atoms with Crippen LogP contribution in [0.1, 0.15) is 21.9 Å². The number of hydrogen-bond acceptors (Lipinski definition) is 5. The van der Waals surface area contributed by atoms with Crippen LogP contribution in [0.4, 0.5) is 15.9 Å². The summed E-state index contributed by atoms with van der Waals surface area (Å²) in [6.45, 7) is 1.01. The van der Waals surface area contributed by atoms with E-state index in [1.54, 1.807) is 16.7 Å². The largest absolute Gasteiger partial charge is 0.480 e. The zero-order chi connectivity index (χ0) is 21.8. The molecule has 160 valence electrons. The summed E-state index contributed by atoms with van der Waals surface area (Å²) in [5.41, 5.74) is 2.03. The van der Waals surface area contributed by atoms with Crippen LogP contribution >= 0.6 is 0 Å². The van der Waals surface area contributed by atoms with Crippen LogP contribution in [0.2, 0.25) is 0 Å². The third-order valence-electron chi connectivity index (χ3n) is 5.02. The lowest BCUT2D eigenvalue weighted by molar-refractivity contribution is -0.137. The van der Waals surface area contributed by atoms with Crippen molar-refractivity contribution in [2.75, 3.05) is 30.3 Å². The average molecular weight is 423 g/mol. The van der Waals surface area contributed by atoms with Crippen LogP contribution in [0, 0.1) is 5.82 Å². The number of imidazole rings is 1. The minimum absolute atomic E-state index is 0.274. The predicted octanol–water partition coefficient (Wildman–Crippen LogP) is 2.63. The van der Waals surface area contributed by atoms with Crippen molar-refractivity contribution in [3.05, 3.63) is 77.5 Å². The highest BCUT2D eigenvalue weighted by Gasteiger charge is 2.30. The molecule has 1 amide bonds. The van der Waals surface area contributed by atoms with Gasteiger partial charge in [-0.1, -0.05) is 30.3 Å². The van der Waals surface area contributed by atoms with E-state index in [1.807, 2.05) is 30.3 Å². The monoisotopic (exact) mass is 423 g/mol. The second-order valence-corrected chi connectivity index (χ2v) is 7.20. The molecule has 4 rings (SSSR count). The van der Waals surface area contributed by atoms with Gasteiger partial charge in [-0.05, 0) is 29.8 Å². The van der Waals surface area contributed by atoms with Crippen LogP contribution < -0.4 is 10.6 Å². The SMILES string of the molecule is O=C(O)CN1CCNc2nc(CNc3ccc(F)cc3)n(Cc3ccccc3)c2C1=O. The van der Waals surface area contributed by atoms with Crippen LogP contribution in [0.25, 0.3) is 0 Å². The van der Waals surface area contributed by atoms with E-state index in [2.05, 4.69) is 15.6 Å². The summed E-state index contributed by atoms with van der Waals surface area (Å²) in [6.07, 6.45) is 0. The normalized spacial score (nSPS) is 13.3. The maximum atomic E-state index is 13.2. The van der Waals surface area contributed by atoms with Crippen molar-refractivity contribution in [1.82, 2.24) is 14.5 Å². The first-order chi connectivity index (χ1) is 15.0. The van der Waals surface area contributed by atoms with Gasteiger partial charge in [-0.15, -0.1) is 0 Å². The summed E-state index contributed by atoms with van der Waals surface area (Å²) < 4.78 is 15.0. The van der Waals surface area contributed by atoms with Gasteiger partial charge in [0.2, 0.25) is 0 Å². The number of aromatic nitrogens is 2. The number of amides is 1. The van der Waals surface area contributed by atoms with Crippen LogP contribution in [0.5, 0.6) is 0 Å². The number of hydrogen-bond donors (Lipinski definition) is 3. The van der Waals surface area contributed by atoms with Crippen molar-refractivity contribution in [2.24, 2.45) is 0 Å². The molecule has 0 bridgehead atoms. The van der Waals surface area contributed by atoms with E-state index in [1.165, 1.54) is 17.0 Å². The molecule has 2 aromatic carbocycles. The lowest BCUT2D eigenvalue weighted by atomic mass is 10.2. The lowest BCUT2D eigenvalue weighted by Gasteiger charge is -2.19. The summed E-state index contributed by atoms with van der Waals surface area (Å²) >= 11 is 0. The Bertz CT molecular complexity index is 1080. The Kier molecular flexibility index (Phi) is 5.83. The van der Waals surface area contributed by atoms with E-state index in [0.717, 1.165) is 11.3 Å². The molecule has 1 aliphatic heterocycles. The van der Waals surface area contributed by atoms with Crippen LogP contribution in [-0.4, -0.2) is 51.1 Å². The van der Waals surface area contributed by atoms with Gasteiger partial charge in [-0.2, -0.15) is 0 Å². The number of aliphatic carboxylic acids is 1. The lowest BCUT2D eigenvalue weighted by Crippen LogP contribution is -2.38. The molecule has 0 spiro atoms. The van der Waals surface area contributed by atoms with E-state index in [4.69, 9.17) is 0 Å². The molecule has 31 heavy (non-hydrogen) atoms. The quantitative estimate of drug-likeness (QED) is 0.540. The molecule has 3 aromatic rings. The Balaban J connectivity index is 1.69. The predicted molar refractivity (Wildman–Crippen MR) is 114 cm³/mol. The molecule has 2 heterocycles. The molecule has 1 aliphatic rings. The fourth-order valence-corrected chi connectivity index (χ4v) is 3.53. The Morgan fingerprint density at radius 2 is 1.90 bits per heavy atom. The second kappa shape index (κ2) is 8.86. The second-order valence-electron chi connectivity index (χ2n) is 7.20. The average Bonchev–Trinajstić information content (AvgIpc) is 3.01. The number of halogens is 1. The van der Waals surface area contributed by atoms with Crippen molar-refractivity contribution in [3.63, 3.8) is 0 Å². The first kappa shape index (κ1) is 20.4. The minimum Gasteiger partial charge on any atom is -0.480 e. The standard InChI is InChI=1S/C22H22FN5O3/c23-16-6-8-17(9-7-16)25-12-18-26-21-20(28(18)13-15-4-2-1-3-5-15)22(31)27(11-10-24-21)14-19(29)30/h1-9,24-25H,10-14H2,(H,29,30). The maximum Gasteiger partial charge on any atom is 0.323 e. The van der Waals surface area contributed by atoms with Gasteiger partial charge < -0.3 is 25.2 Å². The highest BCUT2D eigenvalue weighted by molar-refractivity contribution is 5.99. The number of carbonyl (C=O) groups is 2. The zero-order valence-corrected chi connectivity index (χ0v) is 16.7. The highest BCUT2D eigenvalue weighted by Crippen LogP contribution is 2.24. The topological polar surface area (TPSA) is 99.5 Å². The van der Waals surface area contributed by atoms with Crippen molar-refractivity contribution in [1.29, 1.82) is 0 Å². The van der Waals surface area contributed by atoms with Gasteiger partial charge in [0, 0.05) is 25.3 Å². The third kappa shape index (κ3) is 4.66. The molecule has 1 aromatic heterocycles. The number of carboxylic acids is 1. The molecular formula is C22H22FN5O3. The van der Waals surface area contributed by atoms with Gasteiger partial charge in [-0.25, -0.2) is 9.37 Å². The molecule has 0 radical (unpaired) electrons.